The number of esters is 1. The van der Waals surface area contributed by atoms with Crippen molar-refractivity contribution in [2.45, 2.75) is 39.0 Å². The third-order valence-electron chi connectivity index (χ3n) is 4.37. The van der Waals surface area contributed by atoms with E-state index in [1.807, 2.05) is 0 Å². The highest BCUT2D eigenvalue weighted by molar-refractivity contribution is 6.32. The molecule has 0 unspecified atom stereocenters. The fraction of sp³-hybridized carbons (Fsp3) is 0.474. The molecule has 0 aliphatic carbocycles. The molecule has 1 heterocycles. The standard InChI is InChI=1S/C19H19ClF3NO9/c1-10-7-14-12(11(2)15(10)20)8-13(16(33-14)19(21,22)23)17(25)30-9-31-18(26)29-5-3-4-6-32-24(27)28/h7-8,16H,3-6,9H2,1-2H3/t16-/m0/s1. The average molecular weight is 498 g/mol. The summed E-state index contributed by atoms with van der Waals surface area (Å²) >= 11 is 6.14. The molecule has 0 spiro atoms. The molecule has 182 valence electrons. The zero-order valence-corrected chi connectivity index (χ0v) is 18.2. The first-order valence-corrected chi connectivity index (χ1v) is 9.78. The van der Waals surface area contributed by atoms with Crippen molar-refractivity contribution in [2.75, 3.05) is 20.0 Å². The minimum absolute atomic E-state index is 0.0864. The van der Waals surface area contributed by atoms with E-state index in [2.05, 4.69) is 19.0 Å². The second kappa shape index (κ2) is 11.1. The Labute approximate surface area is 190 Å². The van der Waals surface area contributed by atoms with E-state index in [1.165, 1.54) is 6.07 Å². The second-order valence-corrected chi connectivity index (χ2v) is 7.12. The van der Waals surface area contributed by atoms with E-state index in [9.17, 15) is 32.9 Å². The maximum absolute atomic E-state index is 13.5. The molecule has 14 heteroatoms. The van der Waals surface area contributed by atoms with Gasteiger partial charge in [0.15, 0.2) is 0 Å². The number of ether oxygens (including phenoxy) is 4. The van der Waals surface area contributed by atoms with E-state index < -0.39 is 41.9 Å². The lowest BCUT2D eigenvalue weighted by Gasteiger charge is -2.29. The molecule has 2 rings (SSSR count). The Kier molecular flexibility index (Phi) is 8.74. The molecule has 1 aliphatic heterocycles. The molecular weight excluding hydrogens is 479 g/mol. The van der Waals surface area contributed by atoms with E-state index in [4.69, 9.17) is 16.3 Å². The first-order chi connectivity index (χ1) is 15.4. The zero-order chi connectivity index (χ0) is 24.8. The highest BCUT2D eigenvalue weighted by Gasteiger charge is 2.49. The molecule has 0 amide bonds. The van der Waals surface area contributed by atoms with Crippen molar-refractivity contribution >= 4 is 29.8 Å². The number of hydrogen-bond acceptors (Lipinski definition) is 9. The number of fused-ring (bicyclic) bond motifs is 1. The van der Waals surface area contributed by atoms with Crippen LogP contribution in [-0.4, -0.2) is 49.5 Å². The van der Waals surface area contributed by atoms with Gasteiger partial charge < -0.3 is 23.8 Å². The van der Waals surface area contributed by atoms with Gasteiger partial charge in [-0.2, -0.15) is 13.2 Å². The van der Waals surface area contributed by atoms with Crippen LogP contribution >= 0.6 is 11.6 Å². The Bertz CT molecular complexity index is 949. The fourth-order valence-electron chi connectivity index (χ4n) is 2.80. The van der Waals surface area contributed by atoms with E-state index in [-0.39, 0.29) is 37.4 Å². The Morgan fingerprint density at radius 3 is 2.48 bits per heavy atom. The van der Waals surface area contributed by atoms with Crippen LogP contribution in [0.25, 0.3) is 6.08 Å². The predicted octanol–water partition coefficient (Wildman–Crippen LogP) is 4.31. The van der Waals surface area contributed by atoms with E-state index in [1.54, 1.807) is 13.8 Å². The number of carbonyl (C=O) groups excluding carboxylic acids is 2. The number of benzene rings is 1. The van der Waals surface area contributed by atoms with Crippen LogP contribution < -0.4 is 4.74 Å². The molecule has 0 radical (unpaired) electrons. The maximum Gasteiger partial charge on any atom is 0.511 e. The minimum Gasteiger partial charge on any atom is -0.475 e. The van der Waals surface area contributed by atoms with Crippen LogP contribution in [0.3, 0.4) is 0 Å². The third-order valence-corrected chi connectivity index (χ3v) is 4.96. The summed E-state index contributed by atoms with van der Waals surface area (Å²) in [7, 11) is 0. The van der Waals surface area contributed by atoms with Gasteiger partial charge in [0.2, 0.25) is 12.9 Å². The second-order valence-electron chi connectivity index (χ2n) is 6.74. The van der Waals surface area contributed by atoms with Gasteiger partial charge in [0, 0.05) is 10.6 Å². The van der Waals surface area contributed by atoms with Crippen LogP contribution in [0.5, 0.6) is 5.75 Å². The Morgan fingerprint density at radius 1 is 1.18 bits per heavy atom. The van der Waals surface area contributed by atoms with Gasteiger partial charge in [-0.3, -0.25) is 0 Å². The largest absolute Gasteiger partial charge is 0.511 e. The van der Waals surface area contributed by atoms with Gasteiger partial charge in [-0.15, -0.1) is 10.1 Å². The van der Waals surface area contributed by atoms with Gasteiger partial charge in [-0.1, -0.05) is 11.6 Å². The van der Waals surface area contributed by atoms with Crippen LogP contribution in [0.1, 0.15) is 29.5 Å². The molecule has 0 saturated carbocycles. The summed E-state index contributed by atoms with van der Waals surface area (Å²) in [5.74, 6) is -1.50. The lowest BCUT2D eigenvalue weighted by molar-refractivity contribution is -0.757. The van der Waals surface area contributed by atoms with Gasteiger partial charge in [-0.25, -0.2) is 9.59 Å². The Morgan fingerprint density at radius 2 is 1.85 bits per heavy atom. The molecule has 10 nitrogen and oxygen atoms in total. The number of carbonyl (C=O) groups is 2. The Hall–Kier alpha value is -3.22. The van der Waals surface area contributed by atoms with Gasteiger partial charge in [0.1, 0.15) is 5.75 Å². The van der Waals surface area contributed by atoms with E-state index in [0.717, 1.165) is 6.08 Å². The summed E-state index contributed by atoms with van der Waals surface area (Å²) in [5, 5.41) is 9.31. The molecule has 0 N–H and O–H groups in total. The summed E-state index contributed by atoms with van der Waals surface area (Å²) < 4.78 is 59.3. The number of hydrogen-bond donors (Lipinski definition) is 0. The molecule has 33 heavy (non-hydrogen) atoms. The molecule has 0 bridgehead atoms. The van der Waals surface area contributed by atoms with Gasteiger partial charge >= 0.3 is 18.3 Å². The molecule has 1 aliphatic rings. The van der Waals surface area contributed by atoms with Crippen molar-refractivity contribution in [1.82, 2.24) is 0 Å². The molecule has 0 fully saturated rings. The minimum atomic E-state index is -4.93. The topological polar surface area (TPSA) is 123 Å². The monoisotopic (exact) mass is 497 g/mol. The van der Waals surface area contributed by atoms with Crippen molar-refractivity contribution in [3.63, 3.8) is 0 Å². The predicted molar refractivity (Wildman–Crippen MR) is 105 cm³/mol. The summed E-state index contributed by atoms with van der Waals surface area (Å²) in [5.41, 5.74) is 0.270. The molecule has 1 aromatic rings. The van der Waals surface area contributed by atoms with Crippen molar-refractivity contribution in [2.24, 2.45) is 0 Å². The van der Waals surface area contributed by atoms with Crippen molar-refractivity contribution in [3.8, 4) is 5.75 Å². The summed E-state index contributed by atoms with van der Waals surface area (Å²) in [6.45, 7) is 1.80. The van der Waals surface area contributed by atoms with Crippen molar-refractivity contribution in [1.29, 1.82) is 0 Å². The van der Waals surface area contributed by atoms with E-state index in [0.29, 0.717) is 16.1 Å². The van der Waals surface area contributed by atoms with Gasteiger partial charge in [0.25, 0.3) is 5.09 Å². The quantitative estimate of drug-likeness (QED) is 0.161. The Balaban J connectivity index is 1.96. The van der Waals surface area contributed by atoms with Crippen LogP contribution in [0.4, 0.5) is 18.0 Å². The molecule has 1 atom stereocenters. The number of unbranched alkanes of at least 4 members (excludes halogenated alkanes) is 1. The van der Waals surface area contributed by atoms with E-state index >= 15 is 0 Å². The van der Waals surface area contributed by atoms with Crippen molar-refractivity contribution < 1.29 is 51.6 Å². The van der Waals surface area contributed by atoms with Gasteiger partial charge in [-0.05, 0) is 50.0 Å². The SMILES string of the molecule is Cc1cc2c(c(C)c1Cl)C=C(C(=O)OCOC(=O)OCCCCO[N+](=O)[O-])[C@@H](C(F)(F)F)O2. The zero-order valence-electron chi connectivity index (χ0n) is 17.4. The maximum atomic E-state index is 13.5. The van der Waals surface area contributed by atoms with Gasteiger partial charge in [0.05, 0.1) is 18.8 Å². The number of rotatable bonds is 9. The number of aryl methyl sites for hydroxylation is 1. The lowest BCUT2D eigenvalue weighted by atomic mass is 9.96. The van der Waals surface area contributed by atoms with Crippen LogP contribution in [0, 0.1) is 24.0 Å². The van der Waals surface area contributed by atoms with Crippen LogP contribution in [0.15, 0.2) is 11.6 Å². The number of halogens is 4. The first-order valence-electron chi connectivity index (χ1n) is 9.40. The summed E-state index contributed by atoms with van der Waals surface area (Å²) in [6.07, 6.45) is -7.34. The molecule has 1 aromatic carbocycles. The first kappa shape index (κ1) is 26.0. The summed E-state index contributed by atoms with van der Waals surface area (Å²) in [6, 6.07) is 1.34. The number of alkyl halides is 3. The molecular formula is C19H19ClF3NO9. The van der Waals surface area contributed by atoms with Crippen LogP contribution in [0.2, 0.25) is 5.02 Å². The highest BCUT2D eigenvalue weighted by Crippen LogP contribution is 2.41. The fourth-order valence-corrected chi connectivity index (χ4v) is 2.96. The smallest absolute Gasteiger partial charge is 0.475 e. The summed E-state index contributed by atoms with van der Waals surface area (Å²) in [4.78, 5) is 37.8. The van der Waals surface area contributed by atoms with Crippen LogP contribution in [-0.2, 0) is 23.8 Å². The third kappa shape index (κ3) is 7.14. The highest BCUT2D eigenvalue weighted by atomic mass is 35.5. The molecule has 0 saturated heterocycles. The normalized spacial score (nSPS) is 15.0. The number of nitrogens with zero attached hydrogens (tertiary/aromatic N) is 1. The lowest BCUT2D eigenvalue weighted by Crippen LogP contribution is -2.41. The average Bonchev–Trinajstić information content (AvgIpc) is 2.73. The van der Waals surface area contributed by atoms with Crippen molar-refractivity contribution in [3.05, 3.63) is 43.5 Å². The molecule has 0 aromatic heterocycles.